The molecule has 0 bridgehead atoms. The summed E-state index contributed by atoms with van der Waals surface area (Å²) in [5.41, 5.74) is -6.34. The number of nitrogens with zero attached hydrogens (tertiary/aromatic N) is 24. The number of urea groups is 12. The van der Waals surface area contributed by atoms with E-state index in [0.29, 0.717) is 25.7 Å². The van der Waals surface area contributed by atoms with Crippen molar-refractivity contribution in [1.29, 1.82) is 0 Å². The quantitative estimate of drug-likeness (QED) is 0.234. The third-order valence-corrected chi connectivity index (χ3v) is 23.0. The standard InChI is InChI=1S/C44H48N24O12/c69-29-45-9-49-23-27-57(33(49)73)17-65-39(79)67-19-59-28-24-51(35(59)75)11-47-22-26-55(31(47)71)15-63-37(77)61-13-53(29)25-21(45)46-10-50(23)34(74)58(27)18-66-40(80)68(44(67)8-4-3-7-43(44,65)66)20-60(28)36(76)52(24)12-48(22)32(72)56(26)16-64-38(78)62(14-54(25)30(46)70)41(61)5-1-2-6-42(41,63)64/h21-28H,1-20H2. The Hall–Kier alpha value is -8.76. The van der Waals surface area contributed by atoms with Gasteiger partial charge in [-0.1, -0.05) is 0 Å². The monoisotopic (exact) mass is 1100 g/mol. The number of carbonyl (C=O) groups is 12. The van der Waals surface area contributed by atoms with Gasteiger partial charge in [-0.15, -0.1) is 0 Å². The van der Waals surface area contributed by atoms with Gasteiger partial charge in [0.15, 0.2) is 72.0 Å². The third kappa shape index (κ3) is 3.60. The molecule has 0 aromatic rings. The van der Waals surface area contributed by atoms with Crippen molar-refractivity contribution in [2.75, 3.05) is 80.0 Å². The van der Waals surface area contributed by atoms with Gasteiger partial charge < -0.3 is 0 Å². The first kappa shape index (κ1) is 42.2. The molecule has 2 saturated carbocycles. The first-order valence-electron chi connectivity index (χ1n) is 27.6. The highest BCUT2D eigenvalue weighted by Gasteiger charge is 2.85. The summed E-state index contributed by atoms with van der Waals surface area (Å²) < 4.78 is 0. The molecular formula is C44H48N24O12. The lowest BCUT2D eigenvalue weighted by atomic mass is 9.77. The molecule has 20 aliphatic rings. The van der Waals surface area contributed by atoms with Gasteiger partial charge in [-0.25, -0.2) is 57.5 Å². The Kier molecular flexibility index (Phi) is 6.35. The maximum atomic E-state index is 16.0. The van der Waals surface area contributed by atoms with E-state index < -0.39 is 224 Å². The zero-order valence-electron chi connectivity index (χ0n) is 42.4. The highest BCUT2D eigenvalue weighted by atomic mass is 16.3. The molecule has 36 nitrogen and oxygen atoms in total. The molecule has 0 aromatic heterocycles. The molecule has 0 aromatic carbocycles. The van der Waals surface area contributed by atoms with Crippen LogP contribution in [0.1, 0.15) is 51.4 Å². The van der Waals surface area contributed by atoms with E-state index in [-0.39, 0.29) is 25.7 Å². The third-order valence-electron chi connectivity index (χ3n) is 23.0. The number of carbonyl (C=O) groups excluding carboxylic acids is 12. The minimum absolute atomic E-state index is 0.189. The summed E-state index contributed by atoms with van der Waals surface area (Å²) in [4.78, 5) is 223. The molecule has 4 spiro atoms. The number of hydrogen-bond donors (Lipinski definition) is 0. The van der Waals surface area contributed by atoms with E-state index in [9.17, 15) is 0 Å². The predicted octanol–water partition coefficient (Wildman–Crippen LogP) is -3.04. The first-order chi connectivity index (χ1) is 38.6. The van der Waals surface area contributed by atoms with E-state index >= 15 is 57.5 Å². The lowest BCUT2D eigenvalue weighted by molar-refractivity contribution is -0.144. The fourth-order valence-electron chi connectivity index (χ4n) is 20.2. The molecule has 0 radical (unpaired) electrons. The van der Waals surface area contributed by atoms with Crippen LogP contribution in [0.2, 0.25) is 0 Å². The maximum Gasteiger partial charge on any atom is 0.326 e. The summed E-state index contributed by atoms with van der Waals surface area (Å²) in [7, 11) is 0. The van der Waals surface area contributed by atoms with Gasteiger partial charge in [-0.2, -0.15) is 0 Å². The summed E-state index contributed by atoms with van der Waals surface area (Å²) in [5, 5.41) is 0. The molecule has 18 aliphatic heterocycles. The van der Waals surface area contributed by atoms with Crippen molar-refractivity contribution in [1.82, 2.24) is 118 Å². The molecule has 20 fully saturated rings. The molecule has 18 saturated heterocycles. The smallest absolute Gasteiger partial charge is 0.282 e. The van der Waals surface area contributed by atoms with Crippen molar-refractivity contribution >= 4 is 72.4 Å². The Morgan fingerprint density at radius 1 is 0.188 bits per heavy atom. The largest absolute Gasteiger partial charge is 0.326 e. The van der Waals surface area contributed by atoms with Gasteiger partial charge in [0, 0.05) is 0 Å². The average Bonchev–Trinajstić information content (AvgIpc) is 4.43. The summed E-state index contributed by atoms with van der Waals surface area (Å²) in [6, 6.07) is -7.45. The van der Waals surface area contributed by atoms with Crippen LogP contribution in [0.15, 0.2) is 0 Å². The van der Waals surface area contributed by atoms with Crippen LogP contribution in [0.4, 0.5) is 57.5 Å². The summed E-state index contributed by atoms with van der Waals surface area (Å²) >= 11 is 0. The molecular weight excluding hydrogens is 1060 g/mol. The molecule has 80 heavy (non-hydrogen) atoms. The molecule has 24 amide bonds. The van der Waals surface area contributed by atoms with Crippen LogP contribution >= 0.6 is 0 Å². The van der Waals surface area contributed by atoms with Crippen LogP contribution in [-0.4, -0.2) is 342 Å². The second-order valence-electron chi connectivity index (χ2n) is 25.0. The van der Waals surface area contributed by atoms with Crippen LogP contribution in [0.25, 0.3) is 0 Å². The average molecular weight is 1110 g/mol. The van der Waals surface area contributed by atoms with Crippen molar-refractivity contribution in [2.24, 2.45) is 0 Å². The molecule has 0 unspecified atom stereocenters. The van der Waals surface area contributed by atoms with Crippen LogP contribution in [0.3, 0.4) is 0 Å². The van der Waals surface area contributed by atoms with E-state index in [1.807, 2.05) is 0 Å². The van der Waals surface area contributed by atoms with E-state index in [4.69, 9.17) is 0 Å². The van der Waals surface area contributed by atoms with Gasteiger partial charge in [0.05, 0.1) is 0 Å². The number of hydrogen-bond acceptors (Lipinski definition) is 12. The number of rotatable bonds is 0. The Morgan fingerprint density at radius 2 is 0.312 bits per heavy atom. The molecule has 416 valence electrons. The molecule has 20 rings (SSSR count). The topological polar surface area (TPSA) is 283 Å². The van der Waals surface area contributed by atoms with Gasteiger partial charge in [0.1, 0.15) is 80.0 Å². The lowest BCUT2D eigenvalue weighted by Crippen LogP contribution is -2.74. The maximum absolute atomic E-state index is 16.0. The zero-order valence-corrected chi connectivity index (χ0v) is 42.4. The molecule has 0 N–H and O–H groups in total. The Labute approximate surface area is 449 Å². The van der Waals surface area contributed by atoms with Crippen LogP contribution in [-0.2, 0) is 0 Å². The van der Waals surface area contributed by atoms with E-state index in [2.05, 4.69) is 0 Å². The molecule has 2 aliphatic carbocycles. The highest BCUT2D eigenvalue weighted by Crippen LogP contribution is 2.64. The lowest BCUT2D eigenvalue weighted by Gasteiger charge is -2.55. The summed E-state index contributed by atoms with van der Waals surface area (Å²) in [6.07, 6.45) is -6.57. The zero-order chi connectivity index (χ0) is 53.5. The van der Waals surface area contributed by atoms with E-state index in [1.165, 1.54) is 118 Å². The Bertz CT molecular complexity index is 2740. The molecule has 36 heteroatoms. The molecule has 0 atom stereocenters. The van der Waals surface area contributed by atoms with Gasteiger partial charge in [-0.3, -0.25) is 118 Å². The van der Waals surface area contributed by atoms with Gasteiger partial charge in [-0.05, 0) is 51.4 Å². The van der Waals surface area contributed by atoms with Crippen LogP contribution < -0.4 is 0 Å². The Balaban J connectivity index is 0.814. The second-order valence-corrected chi connectivity index (χ2v) is 25.0. The number of amides is 24. The van der Waals surface area contributed by atoms with Crippen molar-refractivity contribution in [2.45, 2.75) is 123 Å². The van der Waals surface area contributed by atoms with Crippen molar-refractivity contribution in [3.05, 3.63) is 0 Å². The van der Waals surface area contributed by atoms with E-state index in [1.54, 1.807) is 0 Å². The van der Waals surface area contributed by atoms with Crippen molar-refractivity contribution < 1.29 is 57.5 Å². The Morgan fingerprint density at radius 3 is 0.450 bits per heavy atom. The van der Waals surface area contributed by atoms with Crippen molar-refractivity contribution in [3.63, 3.8) is 0 Å². The van der Waals surface area contributed by atoms with Crippen molar-refractivity contribution in [3.8, 4) is 0 Å². The fraction of sp³-hybridized carbons (Fsp3) is 0.727. The second kappa shape index (κ2) is 12.0. The predicted molar refractivity (Wildman–Crippen MR) is 245 cm³/mol. The summed E-state index contributed by atoms with van der Waals surface area (Å²) in [6.45, 7) is -5.33. The van der Waals surface area contributed by atoms with Gasteiger partial charge >= 0.3 is 72.4 Å². The minimum Gasteiger partial charge on any atom is -0.282 e. The van der Waals surface area contributed by atoms with Crippen LogP contribution in [0.5, 0.6) is 0 Å². The normalized spacial score (nSPS) is 42.9. The molecule has 18 heterocycles. The highest BCUT2D eigenvalue weighted by molar-refractivity contribution is 5.96. The SMILES string of the molecule is O=C1N2CN3C(=O)N4CN5C(=O)N6CN7C(=O)N8CN9C(=O)N%10CN%11C(=O)N%12CN1C1C2N2CN%13C(=O)N(CN%14C(=O)N(CN%15C(=O)N(CN%16C(=O)N(CN%17C(=O)N(CN1C2=O)C%121CCCCC%11%171)C%10C9%16)C8C7%15)C61CCCCC5%141)C4C3%13. The van der Waals surface area contributed by atoms with Gasteiger partial charge in [0.25, 0.3) is 0 Å². The minimum atomic E-state index is -1.58. The fourth-order valence-corrected chi connectivity index (χ4v) is 20.2. The van der Waals surface area contributed by atoms with Crippen LogP contribution in [0, 0.1) is 0 Å². The first-order valence-corrected chi connectivity index (χ1v) is 27.6. The van der Waals surface area contributed by atoms with E-state index in [0.717, 1.165) is 0 Å². The van der Waals surface area contributed by atoms with Gasteiger partial charge in [0.2, 0.25) is 0 Å². The summed E-state index contributed by atoms with van der Waals surface area (Å²) in [5.74, 6) is 0.